The Morgan fingerprint density at radius 1 is 1.62 bits per heavy atom. The molecule has 5 heteroatoms. The van der Waals surface area contributed by atoms with Crippen LogP contribution >= 0.6 is 11.6 Å². The van der Waals surface area contributed by atoms with E-state index in [0.29, 0.717) is 23.9 Å². The number of nitrogens with one attached hydrogen (secondary N) is 1. The summed E-state index contributed by atoms with van der Waals surface area (Å²) >= 11 is 5.79. The maximum absolute atomic E-state index is 11.5. The Balaban J connectivity index is 2.50. The van der Waals surface area contributed by atoms with Gasteiger partial charge in [0.05, 0.1) is 0 Å². The third-order valence-electron chi connectivity index (χ3n) is 1.92. The van der Waals surface area contributed by atoms with E-state index in [0.717, 1.165) is 0 Å². The van der Waals surface area contributed by atoms with E-state index < -0.39 is 6.10 Å². The number of hydrogen-bond acceptors (Lipinski definition) is 3. The van der Waals surface area contributed by atoms with Gasteiger partial charge in [-0.25, -0.2) is 0 Å². The van der Waals surface area contributed by atoms with Crippen LogP contribution in [0.25, 0.3) is 0 Å². The lowest BCUT2D eigenvalue weighted by Crippen LogP contribution is -2.38. The molecule has 0 heterocycles. The molecule has 0 spiro atoms. The maximum Gasteiger partial charge on any atom is 0.260 e. The van der Waals surface area contributed by atoms with E-state index in [-0.39, 0.29) is 5.91 Å². The molecule has 3 N–H and O–H groups in total. The Bertz CT molecular complexity index is 358. The number of amides is 1. The Labute approximate surface area is 99.7 Å². The molecule has 0 aliphatic rings. The SMILES string of the molecule is CC(Oc1cccc(Cl)c1)C(=O)NCCN. The summed E-state index contributed by atoms with van der Waals surface area (Å²) in [7, 11) is 0. The van der Waals surface area contributed by atoms with Crippen LogP contribution in [-0.4, -0.2) is 25.1 Å². The zero-order chi connectivity index (χ0) is 12.0. The van der Waals surface area contributed by atoms with Crippen LogP contribution in [0.2, 0.25) is 5.02 Å². The zero-order valence-corrected chi connectivity index (χ0v) is 9.83. The fraction of sp³-hybridized carbons (Fsp3) is 0.364. The van der Waals surface area contributed by atoms with E-state index in [2.05, 4.69) is 5.32 Å². The molecule has 0 radical (unpaired) electrons. The minimum Gasteiger partial charge on any atom is -0.481 e. The van der Waals surface area contributed by atoms with Gasteiger partial charge in [0.25, 0.3) is 5.91 Å². The Kier molecular flexibility index (Phi) is 5.08. The molecule has 0 aliphatic heterocycles. The van der Waals surface area contributed by atoms with Crippen molar-refractivity contribution in [2.45, 2.75) is 13.0 Å². The van der Waals surface area contributed by atoms with Crippen molar-refractivity contribution < 1.29 is 9.53 Å². The van der Waals surface area contributed by atoms with Crippen LogP contribution in [0.5, 0.6) is 5.75 Å². The second kappa shape index (κ2) is 6.35. The number of nitrogens with two attached hydrogens (primary N) is 1. The van der Waals surface area contributed by atoms with Gasteiger partial charge in [-0.3, -0.25) is 4.79 Å². The normalized spacial score (nSPS) is 11.9. The van der Waals surface area contributed by atoms with Crippen molar-refractivity contribution >= 4 is 17.5 Å². The van der Waals surface area contributed by atoms with Gasteiger partial charge in [-0.2, -0.15) is 0 Å². The topological polar surface area (TPSA) is 64.3 Å². The van der Waals surface area contributed by atoms with Crippen LogP contribution < -0.4 is 15.8 Å². The lowest BCUT2D eigenvalue weighted by atomic mass is 10.3. The highest BCUT2D eigenvalue weighted by Crippen LogP contribution is 2.18. The number of carbonyl (C=O) groups excluding carboxylic acids is 1. The third kappa shape index (κ3) is 4.08. The molecule has 1 aromatic rings. The molecule has 4 nitrogen and oxygen atoms in total. The predicted molar refractivity (Wildman–Crippen MR) is 63.6 cm³/mol. The standard InChI is InChI=1S/C11H15ClN2O2/c1-8(11(15)14-6-5-13)16-10-4-2-3-9(12)7-10/h2-4,7-8H,5-6,13H2,1H3,(H,14,15). The summed E-state index contributed by atoms with van der Waals surface area (Å²) in [5.74, 6) is 0.383. The molecule has 0 saturated heterocycles. The van der Waals surface area contributed by atoms with E-state index in [4.69, 9.17) is 22.1 Å². The van der Waals surface area contributed by atoms with Crippen molar-refractivity contribution in [3.8, 4) is 5.75 Å². The number of halogens is 1. The van der Waals surface area contributed by atoms with E-state index in [9.17, 15) is 4.79 Å². The van der Waals surface area contributed by atoms with Crippen molar-refractivity contribution in [2.24, 2.45) is 5.73 Å². The molecule has 1 unspecified atom stereocenters. The molecule has 0 fully saturated rings. The molecule has 1 aromatic carbocycles. The van der Waals surface area contributed by atoms with Crippen LogP contribution in [-0.2, 0) is 4.79 Å². The van der Waals surface area contributed by atoms with Crippen molar-refractivity contribution in [2.75, 3.05) is 13.1 Å². The number of benzene rings is 1. The largest absolute Gasteiger partial charge is 0.481 e. The van der Waals surface area contributed by atoms with Crippen molar-refractivity contribution in [1.29, 1.82) is 0 Å². The van der Waals surface area contributed by atoms with Crippen LogP contribution in [0, 0.1) is 0 Å². The monoisotopic (exact) mass is 242 g/mol. The number of carbonyl (C=O) groups is 1. The van der Waals surface area contributed by atoms with Crippen LogP contribution in [0.15, 0.2) is 24.3 Å². The van der Waals surface area contributed by atoms with Gasteiger partial charge < -0.3 is 15.8 Å². The first-order valence-electron chi connectivity index (χ1n) is 5.03. The Morgan fingerprint density at radius 2 is 2.38 bits per heavy atom. The fourth-order valence-corrected chi connectivity index (χ4v) is 1.32. The molecule has 0 saturated carbocycles. The fourth-order valence-electron chi connectivity index (χ4n) is 1.14. The zero-order valence-electron chi connectivity index (χ0n) is 9.07. The number of ether oxygens (including phenoxy) is 1. The van der Waals surface area contributed by atoms with Crippen molar-refractivity contribution in [1.82, 2.24) is 5.32 Å². The van der Waals surface area contributed by atoms with Gasteiger partial charge in [0, 0.05) is 18.1 Å². The summed E-state index contributed by atoms with van der Waals surface area (Å²) in [6.07, 6.45) is -0.565. The first-order chi connectivity index (χ1) is 7.63. The number of hydrogen-bond donors (Lipinski definition) is 2. The van der Waals surface area contributed by atoms with Gasteiger partial charge in [-0.05, 0) is 25.1 Å². The summed E-state index contributed by atoms with van der Waals surface area (Å²) in [6, 6.07) is 6.92. The van der Waals surface area contributed by atoms with Gasteiger partial charge in [-0.15, -0.1) is 0 Å². The minimum absolute atomic E-state index is 0.189. The van der Waals surface area contributed by atoms with Crippen molar-refractivity contribution in [3.63, 3.8) is 0 Å². The second-order valence-electron chi connectivity index (χ2n) is 3.30. The highest BCUT2D eigenvalue weighted by Gasteiger charge is 2.13. The summed E-state index contributed by atoms with van der Waals surface area (Å²) in [5.41, 5.74) is 5.28. The molecule has 1 amide bonds. The lowest BCUT2D eigenvalue weighted by molar-refractivity contribution is -0.127. The van der Waals surface area contributed by atoms with Gasteiger partial charge >= 0.3 is 0 Å². The smallest absolute Gasteiger partial charge is 0.260 e. The number of rotatable bonds is 5. The average Bonchev–Trinajstić information content (AvgIpc) is 2.25. The maximum atomic E-state index is 11.5. The molecule has 0 aliphatic carbocycles. The van der Waals surface area contributed by atoms with Gasteiger partial charge in [-0.1, -0.05) is 17.7 Å². The highest BCUT2D eigenvalue weighted by atomic mass is 35.5. The van der Waals surface area contributed by atoms with Gasteiger partial charge in [0.15, 0.2) is 6.10 Å². The van der Waals surface area contributed by atoms with E-state index in [1.807, 2.05) is 0 Å². The summed E-state index contributed by atoms with van der Waals surface area (Å²) in [5, 5.41) is 3.22. The molecular weight excluding hydrogens is 228 g/mol. The van der Waals surface area contributed by atoms with Crippen LogP contribution in [0.4, 0.5) is 0 Å². The van der Waals surface area contributed by atoms with Gasteiger partial charge in [0.2, 0.25) is 0 Å². The first-order valence-corrected chi connectivity index (χ1v) is 5.41. The van der Waals surface area contributed by atoms with Crippen molar-refractivity contribution in [3.05, 3.63) is 29.3 Å². The molecular formula is C11H15ClN2O2. The Morgan fingerprint density at radius 3 is 3.00 bits per heavy atom. The highest BCUT2D eigenvalue weighted by molar-refractivity contribution is 6.30. The van der Waals surface area contributed by atoms with Crippen LogP contribution in [0.3, 0.4) is 0 Å². The second-order valence-corrected chi connectivity index (χ2v) is 3.73. The molecule has 1 atom stereocenters. The predicted octanol–water partition coefficient (Wildman–Crippen LogP) is 1.18. The van der Waals surface area contributed by atoms with Gasteiger partial charge in [0.1, 0.15) is 5.75 Å². The third-order valence-corrected chi connectivity index (χ3v) is 2.16. The quantitative estimate of drug-likeness (QED) is 0.815. The summed E-state index contributed by atoms with van der Waals surface area (Å²) < 4.78 is 5.42. The molecule has 0 aromatic heterocycles. The summed E-state index contributed by atoms with van der Waals surface area (Å²) in [4.78, 5) is 11.5. The molecule has 16 heavy (non-hydrogen) atoms. The molecule has 1 rings (SSSR count). The summed E-state index contributed by atoms with van der Waals surface area (Å²) in [6.45, 7) is 2.53. The first kappa shape index (κ1) is 12.8. The average molecular weight is 243 g/mol. The minimum atomic E-state index is -0.565. The molecule has 0 bridgehead atoms. The molecule has 88 valence electrons. The van der Waals surface area contributed by atoms with E-state index in [1.165, 1.54) is 0 Å². The van der Waals surface area contributed by atoms with Crippen LogP contribution in [0.1, 0.15) is 6.92 Å². The van der Waals surface area contributed by atoms with E-state index in [1.54, 1.807) is 31.2 Å². The lowest BCUT2D eigenvalue weighted by Gasteiger charge is -2.14. The Hall–Kier alpha value is -1.26. The van der Waals surface area contributed by atoms with E-state index >= 15 is 0 Å².